The Morgan fingerprint density at radius 1 is 1.05 bits per heavy atom. The molecule has 0 bridgehead atoms. The maximum Gasteiger partial charge on any atom is 0.255 e. The summed E-state index contributed by atoms with van der Waals surface area (Å²) in [5.41, 5.74) is 2.77. The van der Waals surface area contributed by atoms with Crippen molar-refractivity contribution in [1.82, 2.24) is 5.32 Å². The molecule has 1 aliphatic rings. The molecule has 2 aromatic carbocycles. The Kier molecular flexibility index (Phi) is 3.24. The number of benzene rings is 2. The van der Waals surface area contributed by atoms with Crippen LogP contribution in [0.4, 0.5) is 8.78 Å². The fourth-order valence-electron chi connectivity index (χ4n) is 3.04. The van der Waals surface area contributed by atoms with E-state index in [-0.39, 0.29) is 5.91 Å². The zero-order valence-electron chi connectivity index (χ0n) is 11.6. The number of amides is 1. The van der Waals surface area contributed by atoms with E-state index >= 15 is 0 Å². The number of carbonyl (C=O) groups is 1. The van der Waals surface area contributed by atoms with Crippen molar-refractivity contribution < 1.29 is 13.6 Å². The first-order chi connectivity index (χ1) is 10.0. The predicted octanol–water partition coefficient (Wildman–Crippen LogP) is 3.35. The lowest BCUT2D eigenvalue weighted by atomic mass is 9.79. The van der Waals surface area contributed by atoms with Gasteiger partial charge in [0.1, 0.15) is 0 Å². The molecule has 0 fully saturated rings. The van der Waals surface area contributed by atoms with E-state index in [1.807, 2.05) is 48.5 Å². The highest BCUT2D eigenvalue weighted by Crippen LogP contribution is 2.48. The molecule has 1 amide bonds. The summed E-state index contributed by atoms with van der Waals surface area (Å²) in [5, 5.41) is 2.36. The molecule has 1 aliphatic carbocycles. The number of carbonyl (C=O) groups excluding carboxylic acids is 1. The standard InChI is InChI=1S/C17H15F2NO/c1-17(16(21)20-10-15(18)19)13-8-4-2-6-11(13)12-7-3-5-9-14(12)17/h2-9,15H,10H2,1H3,(H,20,21). The predicted molar refractivity (Wildman–Crippen MR) is 77.3 cm³/mol. The van der Waals surface area contributed by atoms with Gasteiger partial charge < -0.3 is 5.32 Å². The van der Waals surface area contributed by atoms with Crippen LogP contribution in [-0.2, 0) is 10.2 Å². The van der Waals surface area contributed by atoms with Crippen LogP contribution in [0.1, 0.15) is 18.1 Å². The molecule has 3 rings (SSSR count). The Bertz CT molecular complexity index is 651. The molecule has 4 heteroatoms. The average Bonchev–Trinajstić information content (AvgIpc) is 2.77. The summed E-state index contributed by atoms with van der Waals surface area (Å²) in [4.78, 5) is 12.6. The third-order valence-corrected chi connectivity index (χ3v) is 4.09. The number of rotatable bonds is 3. The van der Waals surface area contributed by atoms with Crippen molar-refractivity contribution in [2.45, 2.75) is 18.8 Å². The molecule has 21 heavy (non-hydrogen) atoms. The number of hydrogen-bond donors (Lipinski definition) is 1. The van der Waals surface area contributed by atoms with Crippen LogP contribution < -0.4 is 5.32 Å². The molecule has 0 saturated carbocycles. The monoisotopic (exact) mass is 287 g/mol. The highest BCUT2D eigenvalue weighted by molar-refractivity contribution is 6.00. The molecule has 0 atom stereocenters. The van der Waals surface area contributed by atoms with Gasteiger partial charge in [-0.05, 0) is 29.2 Å². The summed E-state index contributed by atoms with van der Waals surface area (Å²) in [7, 11) is 0. The van der Waals surface area contributed by atoms with Crippen LogP contribution in [0.2, 0.25) is 0 Å². The first-order valence-electron chi connectivity index (χ1n) is 6.81. The topological polar surface area (TPSA) is 29.1 Å². The van der Waals surface area contributed by atoms with E-state index in [1.54, 1.807) is 6.92 Å². The van der Waals surface area contributed by atoms with E-state index in [1.165, 1.54) is 0 Å². The fraction of sp³-hybridized carbons (Fsp3) is 0.235. The van der Waals surface area contributed by atoms with Gasteiger partial charge in [-0.25, -0.2) is 8.78 Å². The van der Waals surface area contributed by atoms with Gasteiger partial charge in [-0.1, -0.05) is 48.5 Å². The Morgan fingerprint density at radius 2 is 1.52 bits per heavy atom. The van der Waals surface area contributed by atoms with Gasteiger partial charge in [-0.2, -0.15) is 0 Å². The van der Waals surface area contributed by atoms with Crippen LogP contribution in [0, 0.1) is 0 Å². The van der Waals surface area contributed by atoms with Crippen LogP contribution in [0.25, 0.3) is 11.1 Å². The summed E-state index contributed by atoms with van der Waals surface area (Å²) in [6, 6.07) is 15.2. The van der Waals surface area contributed by atoms with Gasteiger partial charge in [-0.15, -0.1) is 0 Å². The first kappa shape index (κ1) is 13.7. The summed E-state index contributed by atoms with van der Waals surface area (Å²) in [6.45, 7) is 1.16. The molecule has 108 valence electrons. The minimum absolute atomic E-state index is 0.389. The number of nitrogens with one attached hydrogen (secondary N) is 1. The van der Waals surface area contributed by atoms with E-state index in [0.29, 0.717) is 0 Å². The summed E-state index contributed by atoms with van der Waals surface area (Å²) in [5.74, 6) is -0.389. The number of alkyl halides is 2. The lowest BCUT2D eigenvalue weighted by molar-refractivity contribution is -0.125. The Morgan fingerprint density at radius 3 is 2.00 bits per heavy atom. The molecule has 1 N–H and O–H groups in total. The Balaban J connectivity index is 2.11. The van der Waals surface area contributed by atoms with Gasteiger partial charge in [-0.3, -0.25) is 4.79 Å². The van der Waals surface area contributed by atoms with Crippen molar-refractivity contribution >= 4 is 5.91 Å². The SMILES string of the molecule is CC1(C(=O)NCC(F)F)c2ccccc2-c2ccccc21. The second-order valence-corrected chi connectivity index (χ2v) is 5.32. The van der Waals surface area contributed by atoms with Crippen molar-refractivity contribution in [3.05, 3.63) is 59.7 Å². The van der Waals surface area contributed by atoms with Gasteiger partial charge in [0.15, 0.2) is 0 Å². The van der Waals surface area contributed by atoms with Crippen molar-refractivity contribution in [3.8, 4) is 11.1 Å². The van der Waals surface area contributed by atoms with E-state index in [9.17, 15) is 13.6 Å². The Hall–Kier alpha value is -2.23. The van der Waals surface area contributed by atoms with Crippen molar-refractivity contribution in [2.75, 3.05) is 6.54 Å². The van der Waals surface area contributed by atoms with Gasteiger partial charge in [0, 0.05) is 0 Å². The molecular formula is C17H15F2NO. The van der Waals surface area contributed by atoms with Gasteiger partial charge >= 0.3 is 0 Å². The van der Waals surface area contributed by atoms with Crippen LogP contribution in [-0.4, -0.2) is 18.9 Å². The van der Waals surface area contributed by atoms with E-state index in [2.05, 4.69) is 5.32 Å². The zero-order valence-corrected chi connectivity index (χ0v) is 11.6. The van der Waals surface area contributed by atoms with Crippen molar-refractivity contribution in [3.63, 3.8) is 0 Å². The minimum atomic E-state index is -2.55. The molecule has 0 aliphatic heterocycles. The maximum atomic E-state index is 12.6. The summed E-state index contributed by atoms with van der Waals surface area (Å²) in [6.07, 6.45) is -2.55. The lowest BCUT2D eigenvalue weighted by Gasteiger charge is -2.26. The molecule has 2 nitrogen and oxygen atoms in total. The van der Waals surface area contributed by atoms with Crippen molar-refractivity contribution in [2.24, 2.45) is 0 Å². The van der Waals surface area contributed by atoms with Crippen molar-refractivity contribution in [1.29, 1.82) is 0 Å². The zero-order chi connectivity index (χ0) is 15.0. The number of hydrogen-bond acceptors (Lipinski definition) is 1. The highest BCUT2D eigenvalue weighted by atomic mass is 19.3. The van der Waals surface area contributed by atoms with E-state index < -0.39 is 18.4 Å². The first-order valence-corrected chi connectivity index (χ1v) is 6.81. The Labute approximate surface area is 121 Å². The minimum Gasteiger partial charge on any atom is -0.349 e. The smallest absolute Gasteiger partial charge is 0.255 e. The van der Waals surface area contributed by atoms with E-state index in [0.717, 1.165) is 22.3 Å². The van der Waals surface area contributed by atoms with Crippen LogP contribution in [0.3, 0.4) is 0 Å². The molecule has 0 radical (unpaired) electrons. The highest BCUT2D eigenvalue weighted by Gasteiger charge is 2.44. The molecule has 2 aromatic rings. The largest absolute Gasteiger partial charge is 0.349 e. The lowest BCUT2D eigenvalue weighted by Crippen LogP contribution is -2.43. The molecular weight excluding hydrogens is 272 g/mol. The van der Waals surface area contributed by atoms with Crippen LogP contribution in [0.5, 0.6) is 0 Å². The second-order valence-electron chi connectivity index (χ2n) is 5.32. The second kappa shape index (κ2) is 4.95. The molecule has 0 unspecified atom stereocenters. The fourth-order valence-corrected chi connectivity index (χ4v) is 3.04. The molecule has 0 heterocycles. The van der Waals surface area contributed by atoms with Crippen LogP contribution in [0.15, 0.2) is 48.5 Å². The summed E-state index contributed by atoms with van der Waals surface area (Å²) >= 11 is 0. The molecule has 0 spiro atoms. The number of halogens is 2. The van der Waals surface area contributed by atoms with E-state index in [4.69, 9.17) is 0 Å². The maximum absolute atomic E-state index is 12.6. The van der Waals surface area contributed by atoms with Crippen LogP contribution >= 0.6 is 0 Å². The van der Waals surface area contributed by atoms with Gasteiger partial charge in [0.25, 0.3) is 6.43 Å². The van der Waals surface area contributed by atoms with Gasteiger partial charge in [0.05, 0.1) is 12.0 Å². The third kappa shape index (κ3) is 2.02. The number of fused-ring (bicyclic) bond motifs is 3. The third-order valence-electron chi connectivity index (χ3n) is 4.09. The average molecular weight is 287 g/mol. The molecule has 0 aromatic heterocycles. The molecule has 0 saturated heterocycles. The normalized spacial score (nSPS) is 14.7. The quantitative estimate of drug-likeness (QED) is 0.921. The van der Waals surface area contributed by atoms with Gasteiger partial charge in [0.2, 0.25) is 5.91 Å². The summed E-state index contributed by atoms with van der Waals surface area (Å²) < 4.78 is 24.8.